The van der Waals surface area contributed by atoms with Crippen molar-refractivity contribution in [3.63, 3.8) is 0 Å². The van der Waals surface area contributed by atoms with Crippen LogP contribution >= 0.6 is 0 Å². The lowest BCUT2D eigenvalue weighted by atomic mass is 9.81. The number of amides is 1. The predicted octanol–water partition coefficient (Wildman–Crippen LogP) is 2.25. The van der Waals surface area contributed by atoms with E-state index in [9.17, 15) is 4.79 Å². The molecule has 3 rings (SSSR count). The highest BCUT2D eigenvalue weighted by atomic mass is 16.5. The number of methoxy groups -OCH3 is 1. The molecule has 1 amide bonds. The second-order valence-corrected chi connectivity index (χ2v) is 5.92. The molecule has 1 aromatic carbocycles. The number of hydrogen-bond donors (Lipinski definition) is 1. The summed E-state index contributed by atoms with van der Waals surface area (Å²) >= 11 is 0. The van der Waals surface area contributed by atoms with Gasteiger partial charge in [0.1, 0.15) is 5.75 Å². The highest BCUT2D eigenvalue weighted by Gasteiger charge is 2.40. The van der Waals surface area contributed by atoms with Crippen molar-refractivity contribution >= 4 is 11.6 Å². The molecule has 1 fully saturated rings. The van der Waals surface area contributed by atoms with Gasteiger partial charge in [0, 0.05) is 12.2 Å². The monoisotopic (exact) mass is 274 g/mol. The van der Waals surface area contributed by atoms with Gasteiger partial charge in [-0.3, -0.25) is 4.79 Å². The fraction of sp³-hybridized carbons (Fsp3) is 0.562. The van der Waals surface area contributed by atoms with Gasteiger partial charge in [0.25, 0.3) is 0 Å². The summed E-state index contributed by atoms with van der Waals surface area (Å²) in [5, 5.41) is 0. The Balaban J connectivity index is 1.85. The first-order chi connectivity index (χ1) is 9.64. The van der Waals surface area contributed by atoms with Crippen molar-refractivity contribution in [1.29, 1.82) is 0 Å². The maximum absolute atomic E-state index is 12.8. The van der Waals surface area contributed by atoms with Gasteiger partial charge in [0.05, 0.1) is 12.6 Å². The van der Waals surface area contributed by atoms with E-state index in [4.69, 9.17) is 10.5 Å². The number of hydrogen-bond acceptors (Lipinski definition) is 3. The van der Waals surface area contributed by atoms with E-state index in [1.807, 2.05) is 23.1 Å². The molecule has 2 N–H and O–H groups in total. The summed E-state index contributed by atoms with van der Waals surface area (Å²) in [5.41, 5.74) is 7.91. The lowest BCUT2D eigenvalue weighted by Gasteiger charge is -2.35. The molecular weight excluding hydrogens is 252 g/mol. The quantitative estimate of drug-likeness (QED) is 0.900. The van der Waals surface area contributed by atoms with E-state index in [0.29, 0.717) is 0 Å². The third-order valence-corrected chi connectivity index (χ3v) is 4.60. The second-order valence-electron chi connectivity index (χ2n) is 5.92. The number of anilines is 1. The summed E-state index contributed by atoms with van der Waals surface area (Å²) < 4.78 is 5.24. The largest absolute Gasteiger partial charge is 0.497 e. The molecule has 4 heteroatoms. The first-order valence-electron chi connectivity index (χ1n) is 7.42. The van der Waals surface area contributed by atoms with Crippen LogP contribution in [0.3, 0.4) is 0 Å². The molecule has 4 nitrogen and oxygen atoms in total. The standard InChI is InChI=1S/C16H22N2O2/c1-20-13-5-6-14-12(11-13)7-10-18(14)15(19)16(17)8-3-2-4-9-16/h5-6,11H,2-4,7-10,17H2,1H3. The Morgan fingerprint density at radius 3 is 2.75 bits per heavy atom. The van der Waals surface area contributed by atoms with Crippen molar-refractivity contribution < 1.29 is 9.53 Å². The molecule has 108 valence electrons. The van der Waals surface area contributed by atoms with Crippen LogP contribution in [0.25, 0.3) is 0 Å². The number of carbonyl (C=O) groups excluding carboxylic acids is 1. The number of ether oxygens (including phenoxy) is 1. The van der Waals surface area contributed by atoms with E-state index in [2.05, 4.69) is 0 Å². The van der Waals surface area contributed by atoms with E-state index in [0.717, 1.165) is 50.1 Å². The molecule has 2 aliphatic rings. The summed E-state index contributed by atoms with van der Waals surface area (Å²) in [6.45, 7) is 0.736. The number of nitrogens with two attached hydrogens (primary N) is 1. The van der Waals surface area contributed by atoms with Gasteiger partial charge < -0.3 is 15.4 Å². The van der Waals surface area contributed by atoms with Crippen LogP contribution in [0.4, 0.5) is 5.69 Å². The third kappa shape index (κ3) is 2.18. The molecular formula is C16H22N2O2. The summed E-state index contributed by atoms with van der Waals surface area (Å²) in [6.07, 6.45) is 5.83. The van der Waals surface area contributed by atoms with Crippen LogP contribution in [0.5, 0.6) is 5.75 Å². The van der Waals surface area contributed by atoms with Crippen LogP contribution in [0.1, 0.15) is 37.7 Å². The van der Waals surface area contributed by atoms with Crippen molar-refractivity contribution in [2.75, 3.05) is 18.6 Å². The summed E-state index contributed by atoms with van der Waals surface area (Å²) in [6, 6.07) is 5.91. The van der Waals surface area contributed by atoms with Gasteiger partial charge in [-0.25, -0.2) is 0 Å². The molecule has 0 aromatic heterocycles. The van der Waals surface area contributed by atoms with E-state index < -0.39 is 5.54 Å². The first-order valence-corrected chi connectivity index (χ1v) is 7.42. The SMILES string of the molecule is COc1ccc2c(c1)CCN2C(=O)C1(N)CCCCC1. The van der Waals surface area contributed by atoms with Crippen molar-refractivity contribution in [3.8, 4) is 5.75 Å². The molecule has 0 atom stereocenters. The third-order valence-electron chi connectivity index (χ3n) is 4.60. The second kappa shape index (κ2) is 5.09. The summed E-state index contributed by atoms with van der Waals surface area (Å²) in [5.74, 6) is 0.944. The molecule has 1 aromatic rings. The lowest BCUT2D eigenvalue weighted by molar-refractivity contribution is -0.124. The van der Waals surface area contributed by atoms with Gasteiger partial charge in [-0.15, -0.1) is 0 Å². The van der Waals surface area contributed by atoms with E-state index in [-0.39, 0.29) is 5.91 Å². The minimum atomic E-state index is -0.653. The molecule has 0 radical (unpaired) electrons. The van der Waals surface area contributed by atoms with E-state index in [1.54, 1.807) is 7.11 Å². The Hall–Kier alpha value is -1.55. The Bertz CT molecular complexity index is 521. The molecule has 20 heavy (non-hydrogen) atoms. The van der Waals surface area contributed by atoms with Crippen LogP contribution in [0.2, 0.25) is 0 Å². The van der Waals surface area contributed by atoms with Crippen molar-refractivity contribution in [2.45, 2.75) is 44.1 Å². The Kier molecular flexibility index (Phi) is 3.42. The highest BCUT2D eigenvalue weighted by molar-refractivity contribution is 6.01. The van der Waals surface area contributed by atoms with Gasteiger partial charge >= 0.3 is 0 Å². The van der Waals surface area contributed by atoms with Crippen molar-refractivity contribution in [3.05, 3.63) is 23.8 Å². The molecule has 1 aliphatic heterocycles. The van der Waals surface area contributed by atoms with Gasteiger partial charge in [-0.05, 0) is 43.0 Å². The summed E-state index contributed by atoms with van der Waals surface area (Å²) in [7, 11) is 1.66. The summed E-state index contributed by atoms with van der Waals surface area (Å²) in [4.78, 5) is 14.7. The zero-order valence-corrected chi connectivity index (χ0v) is 12.0. The van der Waals surface area contributed by atoms with Gasteiger partial charge in [-0.2, -0.15) is 0 Å². The molecule has 1 saturated carbocycles. The zero-order valence-electron chi connectivity index (χ0n) is 12.0. The van der Waals surface area contributed by atoms with Gasteiger partial charge in [-0.1, -0.05) is 19.3 Å². The topological polar surface area (TPSA) is 55.6 Å². The van der Waals surface area contributed by atoms with Gasteiger partial charge in [0.2, 0.25) is 5.91 Å². The Morgan fingerprint density at radius 2 is 2.05 bits per heavy atom. The minimum Gasteiger partial charge on any atom is -0.497 e. The van der Waals surface area contributed by atoms with Crippen LogP contribution in [0, 0.1) is 0 Å². The Labute approximate surface area is 119 Å². The molecule has 1 aliphatic carbocycles. The van der Waals surface area contributed by atoms with Crippen LogP contribution in [0.15, 0.2) is 18.2 Å². The number of rotatable bonds is 2. The first kappa shape index (κ1) is 13.4. The molecule has 1 heterocycles. The molecule has 0 spiro atoms. The molecule has 0 unspecified atom stereocenters. The smallest absolute Gasteiger partial charge is 0.247 e. The molecule has 0 saturated heterocycles. The minimum absolute atomic E-state index is 0.0983. The maximum atomic E-state index is 12.8. The maximum Gasteiger partial charge on any atom is 0.247 e. The number of fused-ring (bicyclic) bond motifs is 1. The van der Waals surface area contributed by atoms with E-state index >= 15 is 0 Å². The van der Waals surface area contributed by atoms with Crippen LogP contribution in [-0.4, -0.2) is 25.1 Å². The fourth-order valence-corrected chi connectivity index (χ4v) is 3.38. The van der Waals surface area contributed by atoms with Crippen molar-refractivity contribution in [2.24, 2.45) is 5.73 Å². The van der Waals surface area contributed by atoms with Gasteiger partial charge in [0.15, 0.2) is 0 Å². The Morgan fingerprint density at radius 1 is 1.30 bits per heavy atom. The number of nitrogens with zero attached hydrogens (tertiary/aromatic N) is 1. The number of carbonyl (C=O) groups is 1. The highest BCUT2D eigenvalue weighted by Crippen LogP contribution is 2.35. The number of benzene rings is 1. The predicted molar refractivity (Wildman–Crippen MR) is 79.1 cm³/mol. The zero-order chi connectivity index (χ0) is 14.2. The average molecular weight is 274 g/mol. The lowest BCUT2D eigenvalue weighted by Crippen LogP contribution is -2.56. The average Bonchev–Trinajstić information content (AvgIpc) is 2.89. The normalized spacial score (nSPS) is 20.6. The fourth-order valence-electron chi connectivity index (χ4n) is 3.38. The molecule has 0 bridgehead atoms. The van der Waals surface area contributed by atoms with Crippen molar-refractivity contribution in [1.82, 2.24) is 0 Å². The van der Waals surface area contributed by atoms with Crippen LogP contribution < -0.4 is 15.4 Å². The van der Waals surface area contributed by atoms with E-state index in [1.165, 1.54) is 12.0 Å². The van der Waals surface area contributed by atoms with Crippen LogP contribution in [-0.2, 0) is 11.2 Å².